The Morgan fingerprint density at radius 2 is 2.00 bits per heavy atom. The van der Waals surface area contributed by atoms with Crippen molar-refractivity contribution in [2.75, 3.05) is 0 Å². The SMILES string of the molecule is Cc1cccc(-c2cc(O)ccc2Cl)n1. The van der Waals surface area contributed by atoms with Crippen LogP contribution >= 0.6 is 11.6 Å². The van der Waals surface area contributed by atoms with Crippen molar-refractivity contribution in [1.82, 2.24) is 4.98 Å². The average molecular weight is 220 g/mol. The number of phenols is 1. The second kappa shape index (κ2) is 3.91. The molecule has 0 atom stereocenters. The fourth-order valence-corrected chi connectivity index (χ4v) is 1.62. The number of hydrogen-bond acceptors (Lipinski definition) is 2. The van der Waals surface area contributed by atoms with Crippen LogP contribution in [-0.4, -0.2) is 10.1 Å². The van der Waals surface area contributed by atoms with Crippen molar-refractivity contribution in [2.45, 2.75) is 6.92 Å². The first-order valence-electron chi connectivity index (χ1n) is 4.59. The number of aromatic nitrogens is 1. The van der Waals surface area contributed by atoms with Gasteiger partial charge in [0.1, 0.15) is 5.75 Å². The van der Waals surface area contributed by atoms with Crippen LogP contribution in [0.25, 0.3) is 11.3 Å². The molecular formula is C12H10ClNO. The molecule has 0 aliphatic heterocycles. The lowest BCUT2D eigenvalue weighted by atomic mass is 10.1. The van der Waals surface area contributed by atoms with Gasteiger partial charge in [-0.3, -0.25) is 4.98 Å². The van der Waals surface area contributed by atoms with Gasteiger partial charge in [-0.25, -0.2) is 0 Å². The highest BCUT2D eigenvalue weighted by Crippen LogP contribution is 2.29. The summed E-state index contributed by atoms with van der Waals surface area (Å²) >= 11 is 6.03. The summed E-state index contributed by atoms with van der Waals surface area (Å²) in [5, 5.41) is 9.97. The topological polar surface area (TPSA) is 33.1 Å². The summed E-state index contributed by atoms with van der Waals surface area (Å²) in [7, 11) is 0. The lowest BCUT2D eigenvalue weighted by Gasteiger charge is -2.04. The molecule has 0 bridgehead atoms. The van der Waals surface area contributed by atoms with Gasteiger partial charge in [0.05, 0.1) is 10.7 Å². The number of pyridine rings is 1. The Kier molecular flexibility index (Phi) is 2.60. The minimum atomic E-state index is 0.192. The van der Waals surface area contributed by atoms with Crippen molar-refractivity contribution in [3.05, 3.63) is 47.1 Å². The van der Waals surface area contributed by atoms with Crippen LogP contribution in [0.3, 0.4) is 0 Å². The van der Waals surface area contributed by atoms with Crippen molar-refractivity contribution in [3.8, 4) is 17.0 Å². The van der Waals surface area contributed by atoms with Gasteiger partial charge in [-0.1, -0.05) is 17.7 Å². The molecule has 1 N–H and O–H groups in total. The molecule has 15 heavy (non-hydrogen) atoms. The van der Waals surface area contributed by atoms with Gasteiger partial charge in [-0.2, -0.15) is 0 Å². The highest BCUT2D eigenvalue weighted by Gasteiger charge is 2.05. The van der Waals surface area contributed by atoms with Crippen molar-refractivity contribution >= 4 is 11.6 Å². The number of aromatic hydroxyl groups is 1. The van der Waals surface area contributed by atoms with E-state index in [4.69, 9.17) is 11.6 Å². The highest BCUT2D eigenvalue weighted by molar-refractivity contribution is 6.33. The minimum Gasteiger partial charge on any atom is -0.508 e. The summed E-state index contributed by atoms with van der Waals surface area (Å²) in [6, 6.07) is 10.5. The molecule has 0 spiro atoms. The number of hydrogen-bond donors (Lipinski definition) is 1. The molecule has 0 saturated heterocycles. The first-order valence-corrected chi connectivity index (χ1v) is 4.97. The molecule has 3 heteroatoms. The molecule has 1 heterocycles. The van der Waals surface area contributed by atoms with Crippen LogP contribution in [0.5, 0.6) is 5.75 Å². The lowest BCUT2D eigenvalue weighted by molar-refractivity contribution is 0.475. The highest BCUT2D eigenvalue weighted by atomic mass is 35.5. The fourth-order valence-electron chi connectivity index (χ4n) is 1.40. The molecule has 2 aromatic rings. The predicted octanol–water partition coefficient (Wildman–Crippen LogP) is 3.42. The Morgan fingerprint density at radius 1 is 1.20 bits per heavy atom. The standard InChI is InChI=1S/C12H10ClNO/c1-8-3-2-4-12(14-8)10-7-9(15)5-6-11(10)13/h2-7,15H,1H3. The van der Waals surface area contributed by atoms with Crippen LogP contribution in [0, 0.1) is 6.92 Å². The maximum absolute atomic E-state index is 9.38. The molecule has 1 aromatic carbocycles. The Bertz CT molecular complexity index is 497. The molecule has 0 saturated carbocycles. The first kappa shape index (κ1) is 9.99. The normalized spacial score (nSPS) is 10.3. The molecule has 0 aliphatic rings. The van der Waals surface area contributed by atoms with E-state index < -0.39 is 0 Å². The summed E-state index contributed by atoms with van der Waals surface area (Å²) < 4.78 is 0. The average Bonchev–Trinajstić information content (AvgIpc) is 2.22. The van der Waals surface area contributed by atoms with E-state index >= 15 is 0 Å². The Morgan fingerprint density at radius 3 is 2.73 bits per heavy atom. The van der Waals surface area contributed by atoms with Gasteiger partial charge < -0.3 is 5.11 Å². The summed E-state index contributed by atoms with van der Waals surface area (Å²) in [4.78, 5) is 4.35. The van der Waals surface area contributed by atoms with Gasteiger partial charge >= 0.3 is 0 Å². The van der Waals surface area contributed by atoms with E-state index in [1.807, 2.05) is 25.1 Å². The molecule has 0 aliphatic carbocycles. The molecule has 2 nitrogen and oxygen atoms in total. The zero-order valence-corrected chi connectivity index (χ0v) is 8.99. The van der Waals surface area contributed by atoms with Crippen molar-refractivity contribution < 1.29 is 5.11 Å². The van der Waals surface area contributed by atoms with Crippen LogP contribution in [-0.2, 0) is 0 Å². The maximum atomic E-state index is 9.38. The summed E-state index contributed by atoms with van der Waals surface area (Å²) in [5.74, 6) is 0.192. The second-order valence-corrected chi connectivity index (χ2v) is 3.74. The van der Waals surface area contributed by atoms with Gasteiger partial charge in [-0.05, 0) is 37.3 Å². The smallest absolute Gasteiger partial charge is 0.116 e. The van der Waals surface area contributed by atoms with Gasteiger partial charge in [0, 0.05) is 11.3 Å². The van der Waals surface area contributed by atoms with Crippen LogP contribution in [0.4, 0.5) is 0 Å². The maximum Gasteiger partial charge on any atom is 0.116 e. The van der Waals surface area contributed by atoms with E-state index in [1.54, 1.807) is 18.2 Å². The van der Waals surface area contributed by atoms with Gasteiger partial charge in [0.15, 0.2) is 0 Å². The second-order valence-electron chi connectivity index (χ2n) is 3.33. The van der Waals surface area contributed by atoms with Crippen molar-refractivity contribution in [3.63, 3.8) is 0 Å². The van der Waals surface area contributed by atoms with E-state index in [0.29, 0.717) is 5.02 Å². The Hall–Kier alpha value is -1.54. The first-order chi connectivity index (χ1) is 7.16. The summed E-state index contributed by atoms with van der Waals surface area (Å²) in [6.07, 6.45) is 0. The number of aryl methyl sites for hydroxylation is 1. The third-order valence-corrected chi connectivity index (χ3v) is 2.44. The van der Waals surface area contributed by atoms with E-state index in [0.717, 1.165) is 17.0 Å². The number of benzene rings is 1. The lowest BCUT2D eigenvalue weighted by Crippen LogP contribution is -1.86. The quantitative estimate of drug-likeness (QED) is 0.797. The van der Waals surface area contributed by atoms with Crippen molar-refractivity contribution in [1.29, 1.82) is 0 Å². The summed E-state index contributed by atoms with van der Waals surface area (Å²) in [6.45, 7) is 1.92. The number of phenolic OH excluding ortho intramolecular Hbond substituents is 1. The van der Waals surface area contributed by atoms with E-state index in [2.05, 4.69) is 4.98 Å². The molecular weight excluding hydrogens is 210 g/mol. The number of halogens is 1. The fraction of sp³-hybridized carbons (Fsp3) is 0.0833. The minimum absolute atomic E-state index is 0.192. The Labute approximate surface area is 93.2 Å². The van der Waals surface area contributed by atoms with Crippen LogP contribution < -0.4 is 0 Å². The predicted molar refractivity (Wildman–Crippen MR) is 61.1 cm³/mol. The van der Waals surface area contributed by atoms with Gasteiger partial charge in [0.25, 0.3) is 0 Å². The molecule has 2 rings (SSSR count). The monoisotopic (exact) mass is 219 g/mol. The molecule has 0 unspecified atom stereocenters. The van der Waals surface area contributed by atoms with E-state index in [-0.39, 0.29) is 5.75 Å². The Balaban J connectivity index is 2.58. The molecule has 0 fully saturated rings. The van der Waals surface area contributed by atoms with Crippen LogP contribution in [0.2, 0.25) is 5.02 Å². The zero-order chi connectivity index (χ0) is 10.8. The zero-order valence-electron chi connectivity index (χ0n) is 8.24. The summed E-state index contributed by atoms with van der Waals surface area (Å²) in [5.41, 5.74) is 2.45. The molecule has 0 radical (unpaired) electrons. The largest absolute Gasteiger partial charge is 0.508 e. The molecule has 0 amide bonds. The third-order valence-electron chi connectivity index (χ3n) is 2.11. The number of rotatable bonds is 1. The van der Waals surface area contributed by atoms with Gasteiger partial charge in [0.2, 0.25) is 0 Å². The molecule has 1 aromatic heterocycles. The van der Waals surface area contributed by atoms with E-state index in [9.17, 15) is 5.11 Å². The molecule has 76 valence electrons. The van der Waals surface area contributed by atoms with Gasteiger partial charge in [-0.15, -0.1) is 0 Å². The van der Waals surface area contributed by atoms with Crippen LogP contribution in [0.15, 0.2) is 36.4 Å². The third kappa shape index (κ3) is 2.10. The van der Waals surface area contributed by atoms with E-state index in [1.165, 1.54) is 0 Å². The van der Waals surface area contributed by atoms with Crippen molar-refractivity contribution in [2.24, 2.45) is 0 Å². The van der Waals surface area contributed by atoms with Crippen LogP contribution in [0.1, 0.15) is 5.69 Å². The number of nitrogens with zero attached hydrogens (tertiary/aromatic N) is 1.